The van der Waals surface area contributed by atoms with Crippen molar-refractivity contribution < 1.29 is 8.42 Å². The van der Waals surface area contributed by atoms with Crippen LogP contribution in [0.5, 0.6) is 0 Å². The number of halogens is 1. The van der Waals surface area contributed by atoms with Crippen LogP contribution in [0.15, 0.2) is 17.6 Å². The Hall–Kier alpha value is -0.550. The molecule has 1 heterocycles. The zero-order valence-electron chi connectivity index (χ0n) is 5.86. The summed E-state index contributed by atoms with van der Waals surface area (Å²) in [5.41, 5.74) is 0. The molecule has 0 aliphatic carbocycles. The molecule has 11 heavy (non-hydrogen) atoms. The molecule has 0 saturated heterocycles. The minimum absolute atomic E-state index is 0.0432. The highest BCUT2D eigenvalue weighted by Crippen LogP contribution is 2.13. The molecule has 0 unspecified atom stereocenters. The standard InChI is InChI=1S/C5H7ClN2O2S/c1-2-8-4-7-3-5(8)11(6,9)10/h3-4H,2H2,1H3. The third-order valence-corrected chi connectivity index (χ3v) is 2.58. The summed E-state index contributed by atoms with van der Waals surface area (Å²) in [4.78, 5) is 3.66. The second-order valence-corrected chi connectivity index (χ2v) is 4.47. The van der Waals surface area contributed by atoms with Gasteiger partial charge in [-0.1, -0.05) is 0 Å². The number of aromatic nitrogens is 2. The molecule has 0 aromatic carbocycles. The Morgan fingerprint density at radius 2 is 2.36 bits per heavy atom. The van der Waals surface area contributed by atoms with Crippen LogP contribution in [0.2, 0.25) is 0 Å². The van der Waals surface area contributed by atoms with Gasteiger partial charge in [0.2, 0.25) is 0 Å². The van der Waals surface area contributed by atoms with Gasteiger partial charge in [-0.25, -0.2) is 13.4 Å². The Labute approximate surface area is 69.2 Å². The van der Waals surface area contributed by atoms with Crippen molar-refractivity contribution in [1.82, 2.24) is 9.55 Å². The van der Waals surface area contributed by atoms with Crippen LogP contribution in [0, 0.1) is 0 Å². The Morgan fingerprint density at radius 3 is 2.73 bits per heavy atom. The predicted molar refractivity (Wildman–Crippen MR) is 40.9 cm³/mol. The van der Waals surface area contributed by atoms with Crippen molar-refractivity contribution in [2.75, 3.05) is 0 Å². The summed E-state index contributed by atoms with van der Waals surface area (Å²) in [6.45, 7) is 2.36. The van der Waals surface area contributed by atoms with Crippen molar-refractivity contribution in [2.24, 2.45) is 0 Å². The SMILES string of the molecule is CCn1cncc1S(=O)(=O)Cl. The molecular weight excluding hydrogens is 188 g/mol. The molecule has 62 valence electrons. The predicted octanol–water partition coefficient (Wildman–Crippen LogP) is 0.831. The van der Waals surface area contributed by atoms with Crippen molar-refractivity contribution in [3.63, 3.8) is 0 Å². The first-order valence-electron chi connectivity index (χ1n) is 3.00. The van der Waals surface area contributed by atoms with E-state index in [1.165, 1.54) is 17.1 Å². The van der Waals surface area contributed by atoms with Crippen LogP contribution in [-0.4, -0.2) is 18.0 Å². The van der Waals surface area contributed by atoms with E-state index in [1.807, 2.05) is 6.92 Å². The van der Waals surface area contributed by atoms with Gasteiger partial charge in [-0.15, -0.1) is 0 Å². The van der Waals surface area contributed by atoms with Gasteiger partial charge in [-0.2, -0.15) is 0 Å². The fourth-order valence-corrected chi connectivity index (χ4v) is 1.78. The van der Waals surface area contributed by atoms with Gasteiger partial charge in [0.25, 0.3) is 9.05 Å². The number of hydrogen-bond acceptors (Lipinski definition) is 3. The number of hydrogen-bond donors (Lipinski definition) is 0. The Kier molecular flexibility index (Phi) is 2.20. The molecule has 0 spiro atoms. The Balaban J connectivity index is 3.24. The average molecular weight is 195 g/mol. The summed E-state index contributed by atoms with van der Waals surface area (Å²) in [5, 5.41) is 0.0432. The lowest BCUT2D eigenvalue weighted by Gasteiger charge is -1.98. The molecule has 1 aromatic rings. The topological polar surface area (TPSA) is 52.0 Å². The van der Waals surface area contributed by atoms with E-state index in [9.17, 15) is 8.42 Å². The summed E-state index contributed by atoms with van der Waals surface area (Å²) in [5.74, 6) is 0. The van der Waals surface area contributed by atoms with Gasteiger partial charge in [-0.3, -0.25) is 0 Å². The van der Waals surface area contributed by atoms with Crippen LogP contribution in [-0.2, 0) is 15.6 Å². The zero-order chi connectivity index (χ0) is 8.48. The number of nitrogens with zero attached hydrogens (tertiary/aromatic N) is 2. The van der Waals surface area contributed by atoms with Gasteiger partial charge < -0.3 is 4.57 Å². The minimum Gasteiger partial charge on any atom is -0.321 e. The normalized spacial score (nSPS) is 11.8. The van der Waals surface area contributed by atoms with E-state index >= 15 is 0 Å². The van der Waals surface area contributed by atoms with Crippen LogP contribution in [0.4, 0.5) is 0 Å². The Bertz CT molecular complexity index is 343. The van der Waals surface area contributed by atoms with Gasteiger partial charge in [0.1, 0.15) is 0 Å². The summed E-state index contributed by atoms with van der Waals surface area (Å²) < 4.78 is 23.0. The number of rotatable bonds is 2. The molecule has 0 aliphatic heterocycles. The summed E-state index contributed by atoms with van der Waals surface area (Å²) in [7, 11) is 1.47. The molecular formula is C5H7ClN2O2S. The third kappa shape index (κ3) is 1.72. The van der Waals surface area contributed by atoms with E-state index in [2.05, 4.69) is 4.98 Å². The monoisotopic (exact) mass is 194 g/mol. The molecule has 1 rings (SSSR count). The molecule has 6 heteroatoms. The van der Waals surface area contributed by atoms with Crippen molar-refractivity contribution in [3.05, 3.63) is 12.5 Å². The molecule has 0 saturated carbocycles. The lowest BCUT2D eigenvalue weighted by molar-refractivity contribution is 0.591. The maximum absolute atomic E-state index is 10.8. The fraction of sp³-hybridized carbons (Fsp3) is 0.400. The summed E-state index contributed by atoms with van der Waals surface area (Å²) >= 11 is 0. The quantitative estimate of drug-likeness (QED) is 0.656. The van der Waals surface area contributed by atoms with Gasteiger partial charge in [0.05, 0.1) is 12.5 Å². The lowest BCUT2D eigenvalue weighted by Crippen LogP contribution is -2.01. The molecule has 0 fully saturated rings. The van der Waals surface area contributed by atoms with Crippen LogP contribution in [0.25, 0.3) is 0 Å². The lowest BCUT2D eigenvalue weighted by atomic mass is 10.7. The number of aryl methyl sites for hydroxylation is 1. The van der Waals surface area contributed by atoms with Crippen LogP contribution < -0.4 is 0 Å². The highest BCUT2D eigenvalue weighted by molar-refractivity contribution is 8.13. The van der Waals surface area contributed by atoms with Crippen LogP contribution in [0.3, 0.4) is 0 Å². The fourth-order valence-electron chi connectivity index (χ4n) is 0.749. The third-order valence-electron chi connectivity index (χ3n) is 1.26. The minimum atomic E-state index is -3.63. The maximum Gasteiger partial charge on any atom is 0.278 e. The van der Waals surface area contributed by atoms with E-state index in [0.717, 1.165) is 0 Å². The second kappa shape index (κ2) is 2.83. The van der Waals surface area contributed by atoms with E-state index < -0.39 is 9.05 Å². The molecule has 0 bridgehead atoms. The molecule has 0 amide bonds. The van der Waals surface area contributed by atoms with Gasteiger partial charge >= 0.3 is 0 Å². The first kappa shape index (κ1) is 8.55. The Morgan fingerprint density at radius 1 is 1.73 bits per heavy atom. The van der Waals surface area contributed by atoms with E-state index in [1.54, 1.807) is 0 Å². The second-order valence-electron chi connectivity index (χ2n) is 1.96. The summed E-state index contributed by atoms with van der Waals surface area (Å²) in [6, 6.07) is 0. The largest absolute Gasteiger partial charge is 0.321 e. The molecule has 0 radical (unpaired) electrons. The smallest absolute Gasteiger partial charge is 0.278 e. The van der Waals surface area contributed by atoms with E-state index in [-0.39, 0.29) is 5.03 Å². The van der Waals surface area contributed by atoms with Crippen molar-refractivity contribution in [1.29, 1.82) is 0 Å². The maximum atomic E-state index is 10.8. The molecule has 4 nitrogen and oxygen atoms in total. The van der Waals surface area contributed by atoms with E-state index in [4.69, 9.17) is 10.7 Å². The first-order valence-corrected chi connectivity index (χ1v) is 5.31. The molecule has 1 aromatic heterocycles. The van der Waals surface area contributed by atoms with Gasteiger partial charge in [0, 0.05) is 17.2 Å². The highest BCUT2D eigenvalue weighted by Gasteiger charge is 2.14. The molecule has 0 atom stereocenters. The van der Waals surface area contributed by atoms with Gasteiger partial charge in [0.15, 0.2) is 5.03 Å². The van der Waals surface area contributed by atoms with E-state index in [0.29, 0.717) is 6.54 Å². The molecule has 0 aliphatic rings. The van der Waals surface area contributed by atoms with Crippen molar-refractivity contribution in [3.8, 4) is 0 Å². The van der Waals surface area contributed by atoms with Crippen molar-refractivity contribution in [2.45, 2.75) is 18.5 Å². The molecule has 0 N–H and O–H groups in total. The highest BCUT2D eigenvalue weighted by atomic mass is 35.7. The average Bonchev–Trinajstić information content (AvgIpc) is 2.31. The number of imidazole rings is 1. The summed E-state index contributed by atoms with van der Waals surface area (Å²) in [6.07, 6.45) is 2.65. The first-order chi connectivity index (χ1) is 5.05. The zero-order valence-corrected chi connectivity index (χ0v) is 7.43. The van der Waals surface area contributed by atoms with Gasteiger partial charge in [-0.05, 0) is 6.92 Å². The van der Waals surface area contributed by atoms with Crippen molar-refractivity contribution >= 4 is 19.7 Å². The van der Waals surface area contributed by atoms with Crippen LogP contribution >= 0.6 is 10.7 Å². The van der Waals surface area contributed by atoms with Crippen LogP contribution in [0.1, 0.15) is 6.92 Å².